The zero-order valence-electron chi connectivity index (χ0n) is 8.73. The zero-order chi connectivity index (χ0) is 10.4. The van der Waals surface area contributed by atoms with Crippen molar-refractivity contribution in [2.24, 2.45) is 5.92 Å². The first-order valence-electron chi connectivity index (χ1n) is 5.03. The summed E-state index contributed by atoms with van der Waals surface area (Å²) in [6.45, 7) is 4.23. The topological polar surface area (TPSA) is 42.9 Å². The molecule has 3 heteroatoms. The highest BCUT2D eigenvalue weighted by Crippen LogP contribution is 2.12. The molecule has 3 nitrogen and oxygen atoms in total. The quantitative estimate of drug-likeness (QED) is 0.673. The summed E-state index contributed by atoms with van der Waals surface area (Å²) in [7, 11) is 0. The Morgan fingerprint density at radius 2 is 2.36 bits per heavy atom. The Hall–Kier alpha value is -1.25. The van der Waals surface area contributed by atoms with E-state index in [9.17, 15) is 4.79 Å². The molecule has 0 aliphatic carbocycles. The molecule has 76 valence electrons. The molecular formula is C11H16N2O. The number of nitrogens with zero attached hydrogens (tertiary/aromatic N) is 2. The van der Waals surface area contributed by atoms with E-state index in [0.717, 1.165) is 12.8 Å². The number of hydrogen-bond acceptors (Lipinski definition) is 3. The lowest BCUT2D eigenvalue weighted by molar-refractivity contribution is 0.0957. The summed E-state index contributed by atoms with van der Waals surface area (Å²) in [6.07, 6.45) is 5.82. The molecule has 0 bridgehead atoms. The van der Waals surface area contributed by atoms with Crippen molar-refractivity contribution in [1.82, 2.24) is 9.97 Å². The summed E-state index contributed by atoms with van der Waals surface area (Å²) in [4.78, 5) is 19.4. The smallest absolute Gasteiger partial charge is 0.181 e. The minimum Gasteiger partial charge on any atom is -0.292 e. The van der Waals surface area contributed by atoms with E-state index in [1.54, 1.807) is 12.3 Å². The minimum absolute atomic E-state index is 0.119. The summed E-state index contributed by atoms with van der Waals surface area (Å²) < 4.78 is 0. The second kappa shape index (κ2) is 5.47. The maximum atomic E-state index is 11.6. The van der Waals surface area contributed by atoms with Gasteiger partial charge in [0, 0.05) is 12.6 Å². The van der Waals surface area contributed by atoms with Crippen molar-refractivity contribution in [1.29, 1.82) is 0 Å². The van der Waals surface area contributed by atoms with E-state index in [0.29, 0.717) is 18.0 Å². The van der Waals surface area contributed by atoms with Gasteiger partial charge in [0.2, 0.25) is 0 Å². The van der Waals surface area contributed by atoms with Crippen LogP contribution in [-0.4, -0.2) is 15.8 Å². The second-order valence-corrected chi connectivity index (χ2v) is 3.62. The third kappa shape index (κ3) is 3.24. The Balaban J connectivity index is 2.51. The molecular weight excluding hydrogens is 176 g/mol. The van der Waals surface area contributed by atoms with Gasteiger partial charge in [0.15, 0.2) is 5.78 Å². The Morgan fingerprint density at radius 1 is 1.57 bits per heavy atom. The van der Waals surface area contributed by atoms with Crippen LogP contribution in [0.1, 0.15) is 43.6 Å². The van der Waals surface area contributed by atoms with Gasteiger partial charge in [-0.25, -0.2) is 9.97 Å². The molecule has 0 spiro atoms. The molecule has 14 heavy (non-hydrogen) atoms. The molecule has 1 atom stereocenters. The van der Waals surface area contributed by atoms with Crippen molar-refractivity contribution < 1.29 is 4.79 Å². The van der Waals surface area contributed by atoms with Gasteiger partial charge in [0.25, 0.3) is 0 Å². The van der Waals surface area contributed by atoms with Gasteiger partial charge in [-0.05, 0) is 12.0 Å². The summed E-state index contributed by atoms with van der Waals surface area (Å²) in [5, 5.41) is 0. The molecule has 1 aromatic rings. The molecule has 1 rings (SSSR count). The fourth-order valence-electron chi connectivity index (χ4n) is 1.47. The van der Waals surface area contributed by atoms with Gasteiger partial charge < -0.3 is 0 Å². The SMILES string of the molecule is CCCC(C)CC(=O)c1ccncn1. The number of aromatic nitrogens is 2. The largest absolute Gasteiger partial charge is 0.292 e. The van der Waals surface area contributed by atoms with Crippen LogP contribution in [0.25, 0.3) is 0 Å². The fraction of sp³-hybridized carbons (Fsp3) is 0.545. The van der Waals surface area contributed by atoms with Gasteiger partial charge in [0.1, 0.15) is 12.0 Å². The normalized spacial score (nSPS) is 12.4. The van der Waals surface area contributed by atoms with E-state index in [1.165, 1.54) is 6.33 Å². The number of carbonyl (C=O) groups excluding carboxylic acids is 1. The molecule has 0 fully saturated rings. The number of ketones is 1. The molecule has 0 amide bonds. The van der Waals surface area contributed by atoms with Gasteiger partial charge in [-0.15, -0.1) is 0 Å². The van der Waals surface area contributed by atoms with Crippen molar-refractivity contribution in [3.8, 4) is 0 Å². The summed E-state index contributed by atoms with van der Waals surface area (Å²) >= 11 is 0. The third-order valence-electron chi connectivity index (χ3n) is 2.18. The highest BCUT2D eigenvalue weighted by molar-refractivity contribution is 5.94. The Labute approximate surface area is 84.6 Å². The van der Waals surface area contributed by atoms with Crippen LogP contribution in [0, 0.1) is 5.92 Å². The Morgan fingerprint density at radius 3 is 2.93 bits per heavy atom. The van der Waals surface area contributed by atoms with Crippen molar-refractivity contribution in [3.05, 3.63) is 24.3 Å². The number of Topliss-reactive ketones (excluding diaryl/α,β-unsaturated/α-hetero) is 1. The highest BCUT2D eigenvalue weighted by atomic mass is 16.1. The van der Waals surface area contributed by atoms with E-state index in [4.69, 9.17) is 0 Å². The van der Waals surface area contributed by atoms with Crippen molar-refractivity contribution in [3.63, 3.8) is 0 Å². The predicted octanol–water partition coefficient (Wildman–Crippen LogP) is 2.49. The molecule has 0 aliphatic heterocycles. The lowest BCUT2D eigenvalue weighted by atomic mass is 9.98. The molecule has 1 heterocycles. The van der Waals surface area contributed by atoms with Crippen molar-refractivity contribution >= 4 is 5.78 Å². The van der Waals surface area contributed by atoms with E-state index in [2.05, 4.69) is 23.8 Å². The molecule has 0 saturated heterocycles. The lowest BCUT2D eigenvalue weighted by Gasteiger charge is -2.07. The van der Waals surface area contributed by atoms with Gasteiger partial charge in [-0.1, -0.05) is 26.7 Å². The van der Waals surface area contributed by atoms with Crippen LogP contribution in [0.4, 0.5) is 0 Å². The van der Waals surface area contributed by atoms with Crippen molar-refractivity contribution in [2.75, 3.05) is 0 Å². The maximum absolute atomic E-state index is 11.6. The second-order valence-electron chi connectivity index (χ2n) is 3.62. The van der Waals surface area contributed by atoms with Crippen LogP contribution in [-0.2, 0) is 0 Å². The molecule has 0 radical (unpaired) electrons. The average Bonchev–Trinajstić information content (AvgIpc) is 2.19. The molecule has 0 aromatic carbocycles. The predicted molar refractivity (Wildman–Crippen MR) is 55.1 cm³/mol. The zero-order valence-corrected chi connectivity index (χ0v) is 8.73. The van der Waals surface area contributed by atoms with Gasteiger partial charge in [-0.3, -0.25) is 4.79 Å². The number of rotatable bonds is 5. The van der Waals surface area contributed by atoms with Crippen LogP contribution < -0.4 is 0 Å². The monoisotopic (exact) mass is 192 g/mol. The van der Waals surface area contributed by atoms with Gasteiger partial charge in [-0.2, -0.15) is 0 Å². The number of carbonyl (C=O) groups is 1. The first kappa shape index (κ1) is 10.8. The molecule has 0 saturated carbocycles. The van der Waals surface area contributed by atoms with E-state index >= 15 is 0 Å². The minimum atomic E-state index is 0.119. The van der Waals surface area contributed by atoms with Crippen LogP contribution in [0.15, 0.2) is 18.6 Å². The fourth-order valence-corrected chi connectivity index (χ4v) is 1.47. The third-order valence-corrected chi connectivity index (χ3v) is 2.18. The molecule has 0 aliphatic rings. The first-order valence-corrected chi connectivity index (χ1v) is 5.03. The Kier molecular flexibility index (Phi) is 4.23. The molecule has 1 unspecified atom stereocenters. The van der Waals surface area contributed by atoms with Gasteiger partial charge in [0.05, 0.1) is 0 Å². The van der Waals surface area contributed by atoms with E-state index < -0.39 is 0 Å². The van der Waals surface area contributed by atoms with Crippen LogP contribution >= 0.6 is 0 Å². The average molecular weight is 192 g/mol. The molecule has 1 aromatic heterocycles. The molecule has 0 N–H and O–H groups in total. The van der Waals surface area contributed by atoms with Crippen LogP contribution in [0.5, 0.6) is 0 Å². The Bertz CT molecular complexity index is 285. The van der Waals surface area contributed by atoms with E-state index in [-0.39, 0.29) is 5.78 Å². The summed E-state index contributed by atoms with van der Waals surface area (Å²) in [5.74, 6) is 0.566. The maximum Gasteiger partial charge on any atom is 0.181 e. The van der Waals surface area contributed by atoms with Gasteiger partial charge >= 0.3 is 0 Å². The summed E-state index contributed by atoms with van der Waals surface area (Å²) in [6, 6.07) is 1.67. The summed E-state index contributed by atoms with van der Waals surface area (Å²) in [5.41, 5.74) is 0.531. The lowest BCUT2D eigenvalue weighted by Crippen LogP contribution is -2.07. The highest BCUT2D eigenvalue weighted by Gasteiger charge is 2.11. The first-order chi connectivity index (χ1) is 6.74. The van der Waals surface area contributed by atoms with Crippen molar-refractivity contribution in [2.45, 2.75) is 33.1 Å². The van der Waals surface area contributed by atoms with Crippen LogP contribution in [0.3, 0.4) is 0 Å². The number of hydrogen-bond donors (Lipinski definition) is 0. The van der Waals surface area contributed by atoms with Crippen LogP contribution in [0.2, 0.25) is 0 Å². The standard InChI is InChI=1S/C11H16N2O/c1-3-4-9(2)7-11(14)10-5-6-12-8-13-10/h5-6,8-9H,3-4,7H2,1-2H3. The van der Waals surface area contributed by atoms with E-state index in [1.807, 2.05) is 0 Å².